The molecule has 2 aromatic rings. The minimum absolute atomic E-state index is 0.202. The molecule has 0 saturated carbocycles. The SMILES string of the molecule is Cc1ccccc1CN1C(=O)NC2(CCOc3ccccc32)C1=O. The molecule has 2 aliphatic heterocycles. The lowest BCUT2D eigenvalue weighted by Crippen LogP contribution is -2.47. The van der Waals surface area contributed by atoms with Crippen molar-refractivity contribution in [1.29, 1.82) is 0 Å². The zero-order valence-corrected chi connectivity index (χ0v) is 13.4. The third-order valence-corrected chi connectivity index (χ3v) is 4.85. The van der Waals surface area contributed by atoms with Crippen LogP contribution in [0.15, 0.2) is 48.5 Å². The highest BCUT2D eigenvalue weighted by Gasteiger charge is 2.54. The Morgan fingerprint density at radius 3 is 2.71 bits per heavy atom. The topological polar surface area (TPSA) is 58.6 Å². The van der Waals surface area contributed by atoms with E-state index >= 15 is 0 Å². The van der Waals surface area contributed by atoms with Crippen LogP contribution < -0.4 is 10.1 Å². The van der Waals surface area contributed by atoms with Crippen molar-refractivity contribution in [3.63, 3.8) is 0 Å². The van der Waals surface area contributed by atoms with Crippen molar-refractivity contribution < 1.29 is 14.3 Å². The summed E-state index contributed by atoms with van der Waals surface area (Å²) in [6.45, 7) is 2.66. The van der Waals surface area contributed by atoms with E-state index in [0.717, 1.165) is 16.7 Å². The molecule has 2 aliphatic rings. The summed E-state index contributed by atoms with van der Waals surface area (Å²) in [7, 11) is 0. The number of aryl methyl sites for hydroxylation is 1. The maximum absolute atomic E-state index is 13.2. The fourth-order valence-corrected chi connectivity index (χ4v) is 3.47. The van der Waals surface area contributed by atoms with Gasteiger partial charge < -0.3 is 10.1 Å². The fourth-order valence-electron chi connectivity index (χ4n) is 3.47. The van der Waals surface area contributed by atoms with Gasteiger partial charge in [0.15, 0.2) is 5.54 Å². The summed E-state index contributed by atoms with van der Waals surface area (Å²) in [6, 6.07) is 14.8. The number of ether oxygens (including phenoxy) is 1. The highest BCUT2D eigenvalue weighted by molar-refractivity contribution is 6.07. The Morgan fingerprint density at radius 2 is 1.88 bits per heavy atom. The molecule has 122 valence electrons. The Hall–Kier alpha value is -2.82. The van der Waals surface area contributed by atoms with E-state index in [1.165, 1.54) is 4.90 Å². The molecule has 2 heterocycles. The molecule has 24 heavy (non-hydrogen) atoms. The highest BCUT2D eigenvalue weighted by Crippen LogP contribution is 2.41. The van der Waals surface area contributed by atoms with Gasteiger partial charge in [-0.05, 0) is 24.1 Å². The van der Waals surface area contributed by atoms with Gasteiger partial charge >= 0.3 is 6.03 Å². The molecule has 1 atom stereocenters. The maximum Gasteiger partial charge on any atom is 0.325 e. The minimum atomic E-state index is -1.01. The molecule has 2 aromatic carbocycles. The van der Waals surface area contributed by atoms with Gasteiger partial charge in [0.1, 0.15) is 5.75 Å². The lowest BCUT2D eigenvalue weighted by molar-refractivity contribution is -0.133. The Bertz CT molecular complexity index is 833. The largest absolute Gasteiger partial charge is 0.493 e. The van der Waals surface area contributed by atoms with Gasteiger partial charge in [-0.25, -0.2) is 4.79 Å². The molecule has 1 spiro atoms. The van der Waals surface area contributed by atoms with Crippen molar-refractivity contribution in [2.24, 2.45) is 0 Å². The number of urea groups is 1. The molecule has 5 heteroatoms. The Kier molecular flexibility index (Phi) is 3.30. The van der Waals surface area contributed by atoms with E-state index < -0.39 is 5.54 Å². The third kappa shape index (κ3) is 2.08. The van der Waals surface area contributed by atoms with Crippen LogP contribution in [0.1, 0.15) is 23.1 Å². The predicted molar refractivity (Wildman–Crippen MR) is 88.5 cm³/mol. The van der Waals surface area contributed by atoms with Crippen LogP contribution in [-0.2, 0) is 16.9 Å². The summed E-state index contributed by atoms with van der Waals surface area (Å²) in [4.78, 5) is 27.0. The van der Waals surface area contributed by atoms with E-state index in [-0.39, 0.29) is 18.5 Å². The molecule has 1 N–H and O–H groups in total. The lowest BCUT2D eigenvalue weighted by atomic mass is 9.84. The molecule has 3 amide bonds. The zero-order valence-electron chi connectivity index (χ0n) is 13.4. The van der Waals surface area contributed by atoms with Crippen molar-refractivity contribution in [2.45, 2.75) is 25.4 Å². The summed E-state index contributed by atoms with van der Waals surface area (Å²) in [5.41, 5.74) is 1.76. The summed E-state index contributed by atoms with van der Waals surface area (Å²) >= 11 is 0. The molecule has 0 aliphatic carbocycles. The Morgan fingerprint density at radius 1 is 1.12 bits per heavy atom. The highest BCUT2D eigenvalue weighted by atomic mass is 16.5. The first kappa shape index (κ1) is 14.8. The number of rotatable bonds is 2. The fraction of sp³-hybridized carbons (Fsp3) is 0.263. The Balaban J connectivity index is 1.71. The Labute approximate surface area is 140 Å². The van der Waals surface area contributed by atoms with Crippen molar-refractivity contribution in [2.75, 3.05) is 6.61 Å². The molecule has 4 rings (SSSR count). The second-order valence-corrected chi connectivity index (χ2v) is 6.25. The second-order valence-electron chi connectivity index (χ2n) is 6.25. The molecule has 1 fully saturated rings. The molecule has 1 saturated heterocycles. The first-order chi connectivity index (χ1) is 11.6. The molecular formula is C19H18N2O3. The quantitative estimate of drug-likeness (QED) is 0.865. The van der Waals surface area contributed by atoms with Gasteiger partial charge in [0.05, 0.1) is 13.2 Å². The van der Waals surface area contributed by atoms with Crippen LogP contribution in [-0.4, -0.2) is 23.4 Å². The average molecular weight is 322 g/mol. The van der Waals surface area contributed by atoms with Crippen molar-refractivity contribution in [3.05, 3.63) is 65.2 Å². The van der Waals surface area contributed by atoms with Gasteiger partial charge in [-0.2, -0.15) is 0 Å². The maximum atomic E-state index is 13.2. The van der Waals surface area contributed by atoms with Crippen LogP contribution in [0.25, 0.3) is 0 Å². The number of hydrogen-bond donors (Lipinski definition) is 1. The molecule has 0 aromatic heterocycles. The van der Waals surface area contributed by atoms with Crippen LogP contribution in [0, 0.1) is 6.92 Å². The summed E-state index contributed by atoms with van der Waals surface area (Å²) < 4.78 is 5.64. The number of carbonyl (C=O) groups excluding carboxylic acids is 2. The van der Waals surface area contributed by atoms with Crippen LogP contribution >= 0.6 is 0 Å². The van der Waals surface area contributed by atoms with Crippen molar-refractivity contribution >= 4 is 11.9 Å². The summed E-state index contributed by atoms with van der Waals surface area (Å²) in [6.07, 6.45) is 0.443. The summed E-state index contributed by atoms with van der Waals surface area (Å²) in [5, 5.41) is 2.92. The average Bonchev–Trinajstić information content (AvgIpc) is 2.82. The van der Waals surface area contributed by atoms with Gasteiger partial charge in [0, 0.05) is 12.0 Å². The van der Waals surface area contributed by atoms with Gasteiger partial charge in [0.2, 0.25) is 0 Å². The van der Waals surface area contributed by atoms with Crippen LogP contribution in [0.4, 0.5) is 4.79 Å². The van der Waals surface area contributed by atoms with Crippen molar-refractivity contribution in [1.82, 2.24) is 10.2 Å². The van der Waals surface area contributed by atoms with E-state index in [4.69, 9.17) is 4.74 Å². The van der Waals surface area contributed by atoms with Gasteiger partial charge in [-0.15, -0.1) is 0 Å². The van der Waals surface area contributed by atoms with Crippen LogP contribution in [0.3, 0.4) is 0 Å². The first-order valence-electron chi connectivity index (χ1n) is 8.03. The number of carbonyl (C=O) groups is 2. The van der Waals surface area contributed by atoms with Gasteiger partial charge in [-0.1, -0.05) is 42.5 Å². The third-order valence-electron chi connectivity index (χ3n) is 4.85. The number of imide groups is 1. The number of fused-ring (bicyclic) bond motifs is 2. The number of nitrogens with zero attached hydrogens (tertiary/aromatic N) is 1. The van der Waals surface area contributed by atoms with Gasteiger partial charge in [0.25, 0.3) is 5.91 Å². The van der Waals surface area contributed by atoms with Crippen LogP contribution in [0.5, 0.6) is 5.75 Å². The van der Waals surface area contributed by atoms with E-state index in [1.807, 2.05) is 55.5 Å². The molecule has 5 nitrogen and oxygen atoms in total. The number of benzene rings is 2. The standard InChI is InChI=1S/C19H18N2O3/c1-13-6-2-3-7-14(13)12-21-17(22)19(20-18(21)23)10-11-24-16-9-5-4-8-15(16)19/h2-9H,10-12H2,1H3,(H,20,23). The van der Waals surface area contributed by atoms with E-state index in [0.29, 0.717) is 18.8 Å². The van der Waals surface area contributed by atoms with Crippen molar-refractivity contribution in [3.8, 4) is 5.75 Å². The summed E-state index contributed by atoms with van der Waals surface area (Å²) in [5.74, 6) is 0.460. The zero-order chi connectivity index (χ0) is 16.7. The van der Waals surface area contributed by atoms with Crippen LogP contribution in [0.2, 0.25) is 0 Å². The smallest absolute Gasteiger partial charge is 0.325 e. The van der Waals surface area contributed by atoms with E-state index in [9.17, 15) is 9.59 Å². The number of hydrogen-bond acceptors (Lipinski definition) is 3. The lowest BCUT2D eigenvalue weighted by Gasteiger charge is -2.33. The number of nitrogens with one attached hydrogen (secondary N) is 1. The number of para-hydroxylation sites is 1. The van der Waals surface area contributed by atoms with Gasteiger partial charge in [-0.3, -0.25) is 9.69 Å². The minimum Gasteiger partial charge on any atom is -0.493 e. The molecular weight excluding hydrogens is 304 g/mol. The van der Waals surface area contributed by atoms with E-state index in [2.05, 4.69) is 5.32 Å². The first-order valence-corrected chi connectivity index (χ1v) is 8.03. The normalized spacial score (nSPS) is 22.3. The number of amides is 3. The van der Waals surface area contributed by atoms with E-state index in [1.54, 1.807) is 0 Å². The molecule has 0 bridgehead atoms. The predicted octanol–water partition coefficient (Wildman–Crippen LogP) is 2.72. The monoisotopic (exact) mass is 322 g/mol. The molecule has 0 radical (unpaired) electrons. The molecule has 1 unspecified atom stereocenters. The second kappa shape index (κ2) is 5.37.